The molecule has 2 amide bonds. The van der Waals surface area contributed by atoms with E-state index in [-0.39, 0.29) is 34.1 Å². The van der Waals surface area contributed by atoms with Crippen molar-refractivity contribution in [2.24, 2.45) is 0 Å². The van der Waals surface area contributed by atoms with E-state index in [1.165, 1.54) is 7.11 Å². The van der Waals surface area contributed by atoms with Gasteiger partial charge in [-0.25, -0.2) is 4.79 Å². The van der Waals surface area contributed by atoms with Gasteiger partial charge >= 0.3 is 23.9 Å². The minimum absolute atomic E-state index is 0.0486. The standard InChI is InChI=1S/C21H23I3N2O11/c1-9(27)36-7-11(37-10(2)28)5-26(6-13(30)35-4)20(31)14-16(22)15(21(32)33)18(24)19(17(14)23)25-12(29)8-34-3/h11H,5-8H2,1-4H3,(H,25,29)(H,32,33). The van der Waals surface area contributed by atoms with E-state index < -0.39 is 61.5 Å². The lowest BCUT2D eigenvalue weighted by Crippen LogP contribution is -2.44. The molecule has 13 nitrogen and oxygen atoms in total. The van der Waals surface area contributed by atoms with Crippen LogP contribution in [0.5, 0.6) is 0 Å². The van der Waals surface area contributed by atoms with Gasteiger partial charge < -0.3 is 34.3 Å². The molecule has 0 aliphatic heterocycles. The summed E-state index contributed by atoms with van der Waals surface area (Å²) in [7, 11) is 2.42. The number of rotatable bonds is 12. The van der Waals surface area contributed by atoms with Gasteiger partial charge in [0.25, 0.3) is 5.91 Å². The number of esters is 3. The molecule has 0 aromatic heterocycles. The molecule has 0 radical (unpaired) electrons. The molecule has 1 unspecified atom stereocenters. The zero-order chi connectivity index (χ0) is 28.4. The van der Waals surface area contributed by atoms with Crippen LogP contribution in [0.1, 0.15) is 34.6 Å². The summed E-state index contributed by atoms with van der Waals surface area (Å²) in [6.07, 6.45) is -1.14. The SMILES string of the molecule is COCC(=O)Nc1c(I)c(C(=O)O)c(I)c(C(=O)N(CC(=O)OC)CC(COC(C)=O)OC(C)=O)c1I. The molecule has 0 aliphatic rings. The first kappa shape index (κ1) is 33.2. The molecule has 1 rings (SSSR count). The quantitative estimate of drug-likeness (QED) is 0.179. The summed E-state index contributed by atoms with van der Waals surface area (Å²) < 4.78 is 20.0. The van der Waals surface area contributed by atoms with Crippen LogP contribution in [0.25, 0.3) is 0 Å². The normalized spacial score (nSPS) is 11.2. The van der Waals surface area contributed by atoms with Crippen LogP contribution in [-0.2, 0) is 38.1 Å². The molecule has 1 atom stereocenters. The maximum atomic E-state index is 13.8. The van der Waals surface area contributed by atoms with Gasteiger partial charge in [-0.05, 0) is 67.8 Å². The Morgan fingerprint density at radius 1 is 0.946 bits per heavy atom. The van der Waals surface area contributed by atoms with Gasteiger partial charge in [0.2, 0.25) is 5.91 Å². The first-order chi connectivity index (χ1) is 17.2. The lowest BCUT2D eigenvalue weighted by molar-refractivity contribution is -0.157. The second-order valence-corrected chi connectivity index (χ2v) is 10.4. The first-order valence-corrected chi connectivity index (χ1v) is 13.4. The second kappa shape index (κ2) is 15.6. The van der Waals surface area contributed by atoms with E-state index in [0.29, 0.717) is 0 Å². The number of carboxylic acid groups (broad SMARTS) is 1. The van der Waals surface area contributed by atoms with Crippen LogP contribution in [0, 0.1) is 10.7 Å². The van der Waals surface area contributed by atoms with E-state index >= 15 is 0 Å². The molecule has 0 saturated carbocycles. The first-order valence-electron chi connectivity index (χ1n) is 10.1. The summed E-state index contributed by atoms with van der Waals surface area (Å²) in [5, 5.41) is 12.4. The monoisotopic (exact) mass is 860 g/mol. The van der Waals surface area contributed by atoms with E-state index in [4.69, 9.17) is 14.2 Å². The molecule has 16 heteroatoms. The van der Waals surface area contributed by atoms with Crippen LogP contribution in [0.4, 0.5) is 5.69 Å². The fraction of sp³-hybridized carbons (Fsp3) is 0.429. The molecule has 1 aromatic carbocycles. The van der Waals surface area contributed by atoms with Gasteiger partial charge in [0, 0.05) is 24.5 Å². The molecule has 1 aromatic rings. The van der Waals surface area contributed by atoms with Crippen molar-refractivity contribution in [2.75, 3.05) is 45.8 Å². The summed E-state index contributed by atoms with van der Waals surface area (Å²) in [6, 6.07) is 0. The number of carbonyl (C=O) groups excluding carboxylic acids is 5. The van der Waals surface area contributed by atoms with Crippen molar-refractivity contribution in [3.63, 3.8) is 0 Å². The fourth-order valence-electron chi connectivity index (χ4n) is 2.87. The van der Waals surface area contributed by atoms with Crippen molar-refractivity contribution in [3.05, 3.63) is 21.8 Å². The summed E-state index contributed by atoms with van der Waals surface area (Å²) in [4.78, 5) is 74.0. The Balaban J connectivity index is 3.69. The summed E-state index contributed by atoms with van der Waals surface area (Å²) in [6.45, 7) is 0.543. The zero-order valence-corrected chi connectivity index (χ0v) is 26.5. The number of nitrogens with one attached hydrogen (secondary N) is 1. The zero-order valence-electron chi connectivity index (χ0n) is 20.0. The van der Waals surface area contributed by atoms with Crippen LogP contribution in [0.15, 0.2) is 0 Å². The van der Waals surface area contributed by atoms with Gasteiger partial charge in [-0.1, -0.05) is 0 Å². The number of halogens is 3. The Hall–Kier alpha value is -1.81. The predicted molar refractivity (Wildman–Crippen MR) is 152 cm³/mol. The maximum absolute atomic E-state index is 13.8. The minimum atomic E-state index is -1.35. The average molecular weight is 860 g/mol. The molecule has 37 heavy (non-hydrogen) atoms. The van der Waals surface area contributed by atoms with E-state index in [2.05, 4.69) is 10.1 Å². The van der Waals surface area contributed by atoms with Crippen molar-refractivity contribution in [1.29, 1.82) is 0 Å². The van der Waals surface area contributed by atoms with E-state index in [9.17, 15) is 33.9 Å². The molecule has 0 fully saturated rings. The van der Waals surface area contributed by atoms with Crippen LogP contribution in [0.2, 0.25) is 0 Å². The molecule has 0 bridgehead atoms. The summed E-state index contributed by atoms with van der Waals surface area (Å²) >= 11 is 5.24. The Morgan fingerprint density at radius 2 is 1.54 bits per heavy atom. The van der Waals surface area contributed by atoms with E-state index in [1.54, 1.807) is 67.8 Å². The third kappa shape index (κ3) is 9.78. The number of carboxylic acids is 1. The third-order valence-corrected chi connectivity index (χ3v) is 7.58. The van der Waals surface area contributed by atoms with Gasteiger partial charge in [-0.2, -0.15) is 0 Å². The van der Waals surface area contributed by atoms with Crippen LogP contribution < -0.4 is 5.32 Å². The predicted octanol–water partition coefficient (Wildman–Crippen LogP) is 1.89. The van der Waals surface area contributed by atoms with Crippen molar-refractivity contribution in [1.82, 2.24) is 4.90 Å². The van der Waals surface area contributed by atoms with Gasteiger partial charge in [-0.15, -0.1) is 0 Å². The van der Waals surface area contributed by atoms with Crippen molar-refractivity contribution in [3.8, 4) is 0 Å². The van der Waals surface area contributed by atoms with Gasteiger partial charge in [0.15, 0.2) is 6.10 Å². The smallest absolute Gasteiger partial charge is 0.337 e. The van der Waals surface area contributed by atoms with E-state index in [1.807, 2.05) is 0 Å². The molecule has 0 saturated heterocycles. The number of benzene rings is 1. The molecule has 0 heterocycles. The van der Waals surface area contributed by atoms with Gasteiger partial charge in [0.1, 0.15) is 19.8 Å². The topological polar surface area (TPSA) is 175 Å². The number of carbonyl (C=O) groups is 6. The molecule has 204 valence electrons. The van der Waals surface area contributed by atoms with Crippen LogP contribution in [0.3, 0.4) is 0 Å². The molecule has 0 spiro atoms. The second-order valence-electron chi connectivity index (χ2n) is 7.15. The Labute approximate surface area is 252 Å². The number of ether oxygens (including phenoxy) is 4. The number of methoxy groups -OCH3 is 2. The highest BCUT2D eigenvalue weighted by atomic mass is 127. The molecule has 0 aliphatic carbocycles. The maximum Gasteiger partial charge on any atom is 0.337 e. The largest absolute Gasteiger partial charge is 0.478 e. The highest BCUT2D eigenvalue weighted by molar-refractivity contribution is 14.1. The summed E-state index contributed by atoms with van der Waals surface area (Å²) in [5.74, 6) is -4.96. The number of nitrogens with zero attached hydrogens (tertiary/aromatic N) is 1. The molecular weight excluding hydrogens is 837 g/mol. The number of anilines is 1. The van der Waals surface area contributed by atoms with Crippen molar-refractivity contribution >= 4 is 109 Å². The highest BCUT2D eigenvalue weighted by Gasteiger charge is 2.33. The summed E-state index contributed by atoms with van der Waals surface area (Å²) in [5.41, 5.74) is -0.296. The Bertz CT molecular complexity index is 1090. The lowest BCUT2D eigenvalue weighted by Gasteiger charge is -2.28. The minimum Gasteiger partial charge on any atom is -0.478 e. The highest BCUT2D eigenvalue weighted by Crippen LogP contribution is 2.36. The van der Waals surface area contributed by atoms with Gasteiger partial charge in [-0.3, -0.25) is 24.0 Å². The number of hydrogen-bond acceptors (Lipinski definition) is 10. The fourth-order valence-corrected chi connectivity index (χ4v) is 7.23. The molecule has 2 N–H and O–H groups in total. The van der Waals surface area contributed by atoms with Crippen molar-refractivity contribution in [2.45, 2.75) is 20.0 Å². The number of amides is 2. The average Bonchev–Trinajstić information content (AvgIpc) is 2.79. The number of hydrogen-bond donors (Lipinski definition) is 2. The number of aromatic carboxylic acids is 1. The third-order valence-electron chi connectivity index (χ3n) is 4.35. The van der Waals surface area contributed by atoms with Crippen LogP contribution >= 0.6 is 67.8 Å². The molecular formula is C21H23I3N2O11. The van der Waals surface area contributed by atoms with Crippen molar-refractivity contribution < 1.29 is 52.8 Å². The van der Waals surface area contributed by atoms with Gasteiger partial charge in [0.05, 0.1) is 37.6 Å². The van der Waals surface area contributed by atoms with E-state index in [0.717, 1.165) is 25.9 Å². The Morgan fingerprint density at radius 3 is 2.03 bits per heavy atom. The Kier molecular flexibility index (Phi) is 14.0. The van der Waals surface area contributed by atoms with Crippen LogP contribution in [-0.4, -0.2) is 92.3 Å². The lowest BCUT2D eigenvalue weighted by atomic mass is 10.1.